The lowest BCUT2D eigenvalue weighted by Gasteiger charge is -2.16. The third kappa shape index (κ3) is 2.70. The van der Waals surface area contributed by atoms with E-state index in [9.17, 15) is 0 Å². The molecular weight excluding hydrogens is 350 g/mol. The van der Waals surface area contributed by atoms with Gasteiger partial charge in [0.25, 0.3) is 0 Å². The van der Waals surface area contributed by atoms with E-state index in [0.717, 1.165) is 33.7 Å². The van der Waals surface area contributed by atoms with Crippen LogP contribution in [0.3, 0.4) is 0 Å². The molecular formula is C20H16ClN3O2. The van der Waals surface area contributed by atoms with E-state index in [2.05, 4.69) is 9.97 Å². The summed E-state index contributed by atoms with van der Waals surface area (Å²) in [4.78, 5) is 13.5. The number of fused-ring (bicyclic) bond motifs is 3. The number of aliphatic imine (C=N–C) groups is 1. The first-order chi connectivity index (χ1) is 12.7. The molecule has 0 bridgehead atoms. The SMILES string of the molecule is COc1cccc(C2=NCc3cncnc3-c3ccc(Cl)cc32)c1OC. The van der Waals surface area contributed by atoms with Crippen molar-refractivity contribution in [2.75, 3.05) is 14.2 Å². The van der Waals surface area contributed by atoms with Gasteiger partial charge in [-0.25, -0.2) is 9.97 Å². The van der Waals surface area contributed by atoms with E-state index >= 15 is 0 Å². The molecule has 130 valence electrons. The molecule has 6 heteroatoms. The zero-order valence-corrected chi connectivity index (χ0v) is 15.1. The van der Waals surface area contributed by atoms with Gasteiger partial charge in [-0.05, 0) is 24.3 Å². The molecule has 0 saturated heterocycles. The largest absolute Gasteiger partial charge is 0.493 e. The van der Waals surface area contributed by atoms with Gasteiger partial charge in [0, 0.05) is 33.5 Å². The molecule has 1 aliphatic rings. The van der Waals surface area contributed by atoms with Crippen molar-refractivity contribution in [1.29, 1.82) is 0 Å². The molecule has 1 aromatic heterocycles. The van der Waals surface area contributed by atoms with Crippen molar-refractivity contribution >= 4 is 17.3 Å². The normalized spacial score (nSPS) is 12.5. The molecule has 26 heavy (non-hydrogen) atoms. The number of nitrogens with zero attached hydrogens (tertiary/aromatic N) is 3. The van der Waals surface area contributed by atoms with Crippen LogP contribution in [0.1, 0.15) is 16.7 Å². The maximum atomic E-state index is 6.30. The van der Waals surface area contributed by atoms with Crippen molar-refractivity contribution in [3.63, 3.8) is 0 Å². The Morgan fingerprint density at radius 3 is 2.69 bits per heavy atom. The maximum Gasteiger partial charge on any atom is 0.170 e. The van der Waals surface area contributed by atoms with Crippen LogP contribution in [0.4, 0.5) is 0 Å². The molecule has 0 fully saturated rings. The van der Waals surface area contributed by atoms with E-state index in [1.54, 1.807) is 26.7 Å². The van der Waals surface area contributed by atoms with Gasteiger partial charge in [-0.3, -0.25) is 4.99 Å². The number of hydrogen-bond acceptors (Lipinski definition) is 5. The average Bonchev–Trinajstić information content (AvgIpc) is 2.83. The Morgan fingerprint density at radius 1 is 1.00 bits per heavy atom. The lowest BCUT2D eigenvalue weighted by Crippen LogP contribution is -2.08. The van der Waals surface area contributed by atoms with Gasteiger partial charge in [0.2, 0.25) is 0 Å². The summed E-state index contributed by atoms with van der Waals surface area (Å²) in [6.45, 7) is 0.470. The molecule has 0 spiro atoms. The first kappa shape index (κ1) is 16.5. The Morgan fingerprint density at radius 2 is 1.88 bits per heavy atom. The molecule has 0 N–H and O–H groups in total. The topological polar surface area (TPSA) is 56.6 Å². The second-order valence-corrected chi connectivity index (χ2v) is 6.23. The van der Waals surface area contributed by atoms with Gasteiger partial charge >= 0.3 is 0 Å². The van der Waals surface area contributed by atoms with Gasteiger partial charge in [0.05, 0.1) is 32.2 Å². The molecule has 2 heterocycles. The molecule has 4 rings (SSSR count). The second kappa shape index (κ2) is 6.77. The maximum absolute atomic E-state index is 6.30. The highest BCUT2D eigenvalue weighted by Gasteiger charge is 2.23. The molecule has 0 atom stereocenters. The molecule has 0 unspecified atom stereocenters. The minimum Gasteiger partial charge on any atom is -0.493 e. The molecule has 1 aliphatic heterocycles. The van der Waals surface area contributed by atoms with Crippen LogP contribution in [0.15, 0.2) is 53.9 Å². The van der Waals surface area contributed by atoms with E-state index in [-0.39, 0.29) is 0 Å². The lowest BCUT2D eigenvalue weighted by atomic mass is 9.94. The first-order valence-electron chi connectivity index (χ1n) is 8.08. The summed E-state index contributed by atoms with van der Waals surface area (Å²) < 4.78 is 11.1. The van der Waals surface area contributed by atoms with Crippen LogP contribution in [0.25, 0.3) is 11.3 Å². The van der Waals surface area contributed by atoms with Crippen LogP contribution in [0.5, 0.6) is 11.5 Å². The molecule has 5 nitrogen and oxygen atoms in total. The van der Waals surface area contributed by atoms with Crippen LogP contribution in [0, 0.1) is 0 Å². The summed E-state index contributed by atoms with van der Waals surface area (Å²) in [5, 5.41) is 0.635. The van der Waals surface area contributed by atoms with Crippen LogP contribution < -0.4 is 9.47 Å². The predicted molar refractivity (Wildman–Crippen MR) is 101 cm³/mol. The highest BCUT2D eigenvalue weighted by molar-refractivity contribution is 6.31. The predicted octanol–water partition coefficient (Wildman–Crippen LogP) is 4.17. The van der Waals surface area contributed by atoms with E-state index in [4.69, 9.17) is 26.1 Å². The van der Waals surface area contributed by atoms with E-state index in [0.29, 0.717) is 23.1 Å². The fourth-order valence-electron chi connectivity index (χ4n) is 3.19. The number of halogens is 1. The summed E-state index contributed by atoms with van der Waals surface area (Å²) in [5.41, 5.74) is 5.34. The van der Waals surface area contributed by atoms with Crippen molar-refractivity contribution in [2.45, 2.75) is 6.54 Å². The number of hydrogen-bond donors (Lipinski definition) is 0. The number of para-hydroxylation sites is 1. The smallest absolute Gasteiger partial charge is 0.170 e. The average molecular weight is 366 g/mol. The molecule has 3 aromatic rings. The molecule has 0 radical (unpaired) electrons. The van der Waals surface area contributed by atoms with Crippen molar-refractivity contribution in [3.8, 4) is 22.8 Å². The van der Waals surface area contributed by atoms with Crippen LogP contribution in [0.2, 0.25) is 5.02 Å². The van der Waals surface area contributed by atoms with Crippen molar-refractivity contribution < 1.29 is 9.47 Å². The van der Waals surface area contributed by atoms with Crippen LogP contribution in [-0.2, 0) is 6.54 Å². The fourth-order valence-corrected chi connectivity index (χ4v) is 3.36. The van der Waals surface area contributed by atoms with Gasteiger partial charge in [-0.2, -0.15) is 0 Å². The Bertz CT molecular complexity index is 1020. The fraction of sp³-hybridized carbons (Fsp3) is 0.150. The highest BCUT2D eigenvalue weighted by atomic mass is 35.5. The third-order valence-corrected chi connectivity index (χ3v) is 4.58. The zero-order valence-electron chi connectivity index (χ0n) is 14.4. The Kier molecular flexibility index (Phi) is 4.31. The minimum absolute atomic E-state index is 0.470. The van der Waals surface area contributed by atoms with E-state index in [1.807, 2.05) is 36.4 Å². The number of ether oxygens (including phenoxy) is 2. The Hall–Kier alpha value is -2.92. The number of benzene rings is 2. The van der Waals surface area contributed by atoms with Gasteiger partial charge in [0.1, 0.15) is 6.33 Å². The van der Waals surface area contributed by atoms with Gasteiger partial charge in [-0.15, -0.1) is 0 Å². The quantitative estimate of drug-likeness (QED) is 0.699. The number of methoxy groups -OCH3 is 2. The van der Waals surface area contributed by atoms with Crippen LogP contribution >= 0.6 is 11.6 Å². The first-order valence-corrected chi connectivity index (χ1v) is 8.45. The van der Waals surface area contributed by atoms with E-state index < -0.39 is 0 Å². The monoisotopic (exact) mass is 365 g/mol. The second-order valence-electron chi connectivity index (χ2n) is 5.79. The van der Waals surface area contributed by atoms with E-state index in [1.165, 1.54) is 0 Å². The van der Waals surface area contributed by atoms with Gasteiger partial charge < -0.3 is 9.47 Å². The number of aromatic nitrogens is 2. The Balaban J connectivity index is 2.00. The number of rotatable bonds is 3. The molecule has 0 amide bonds. The van der Waals surface area contributed by atoms with Crippen LogP contribution in [-0.4, -0.2) is 29.9 Å². The van der Waals surface area contributed by atoms with Gasteiger partial charge in [0.15, 0.2) is 11.5 Å². The Labute approximate surface area is 156 Å². The zero-order chi connectivity index (χ0) is 18.1. The minimum atomic E-state index is 0.470. The third-order valence-electron chi connectivity index (χ3n) is 4.35. The summed E-state index contributed by atoms with van der Waals surface area (Å²) in [6.07, 6.45) is 3.35. The molecule has 0 aliphatic carbocycles. The summed E-state index contributed by atoms with van der Waals surface area (Å²) >= 11 is 6.30. The standard InChI is InChI=1S/C20H16ClN3O2/c1-25-17-5-3-4-15(20(17)26-2)19-16-8-13(21)6-7-14(16)18-12(10-23-19)9-22-11-24-18/h3-9,11H,10H2,1-2H3. The van der Waals surface area contributed by atoms with Crippen molar-refractivity contribution in [2.24, 2.45) is 4.99 Å². The molecule has 2 aromatic carbocycles. The van der Waals surface area contributed by atoms with Crippen molar-refractivity contribution in [1.82, 2.24) is 9.97 Å². The summed E-state index contributed by atoms with van der Waals surface area (Å²) in [6, 6.07) is 11.5. The molecule has 0 saturated carbocycles. The summed E-state index contributed by atoms with van der Waals surface area (Å²) in [7, 11) is 3.24. The highest BCUT2D eigenvalue weighted by Crippen LogP contribution is 2.37. The van der Waals surface area contributed by atoms with Crippen molar-refractivity contribution in [3.05, 3.63) is 70.6 Å². The lowest BCUT2D eigenvalue weighted by molar-refractivity contribution is 0.354. The summed E-state index contributed by atoms with van der Waals surface area (Å²) in [5.74, 6) is 1.29. The van der Waals surface area contributed by atoms with Gasteiger partial charge in [-0.1, -0.05) is 23.7 Å².